The Morgan fingerprint density at radius 3 is 2.55 bits per heavy atom. The minimum atomic E-state index is -0.205. The predicted molar refractivity (Wildman–Crippen MR) is 79.2 cm³/mol. The van der Waals surface area contributed by atoms with Gasteiger partial charge in [0.2, 0.25) is 0 Å². The highest BCUT2D eigenvalue weighted by Crippen LogP contribution is 2.33. The highest BCUT2D eigenvalue weighted by molar-refractivity contribution is 5.67. The van der Waals surface area contributed by atoms with Gasteiger partial charge < -0.3 is 15.4 Å². The lowest BCUT2D eigenvalue weighted by molar-refractivity contribution is 0.0644. The van der Waals surface area contributed by atoms with Crippen molar-refractivity contribution in [2.75, 3.05) is 19.6 Å². The van der Waals surface area contributed by atoms with Crippen LogP contribution in [0.25, 0.3) is 0 Å². The zero-order valence-corrected chi connectivity index (χ0v) is 12.2. The Kier molecular flexibility index (Phi) is 5.01. The second kappa shape index (κ2) is 6.75. The van der Waals surface area contributed by atoms with E-state index in [1.807, 2.05) is 30.3 Å². The lowest BCUT2D eigenvalue weighted by Gasteiger charge is -2.38. The van der Waals surface area contributed by atoms with Crippen LogP contribution in [0.2, 0.25) is 0 Å². The summed E-state index contributed by atoms with van der Waals surface area (Å²) in [6, 6.07) is 9.77. The molecule has 1 aromatic rings. The van der Waals surface area contributed by atoms with Crippen molar-refractivity contribution >= 4 is 6.09 Å². The molecule has 0 unspecified atom stereocenters. The van der Waals surface area contributed by atoms with Gasteiger partial charge >= 0.3 is 6.09 Å². The fraction of sp³-hybridized carbons (Fsp3) is 0.562. The van der Waals surface area contributed by atoms with Gasteiger partial charge in [-0.05, 0) is 36.8 Å². The van der Waals surface area contributed by atoms with Crippen LogP contribution in [0.4, 0.5) is 4.79 Å². The molecule has 4 nitrogen and oxygen atoms in total. The molecule has 1 aliphatic rings. The van der Waals surface area contributed by atoms with E-state index in [9.17, 15) is 4.79 Å². The third kappa shape index (κ3) is 3.97. The molecule has 2 rings (SSSR count). The number of hydrogen-bond donors (Lipinski definition) is 1. The predicted octanol–water partition coefficient (Wildman–Crippen LogP) is 2.77. The third-order valence-electron chi connectivity index (χ3n) is 4.18. The van der Waals surface area contributed by atoms with E-state index in [1.54, 1.807) is 4.90 Å². The number of benzene rings is 1. The molecule has 110 valence electrons. The Morgan fingerprint density at radius 1 is 1.30 bits per heavy atom. The molecule has 0 radical (unpaired) electrons. The summed E-state index contributed by atoms with van der Waals surface area (Å²) in [5, 5.41) is 0. The monoisotopic (exact) mass is 276 g/mol. The molecule has 1 aromatic carbocycles. The van der Waals surface area contributed by atoms with E-state index >= 15 is 0 Å². The Hall–Kier alpha value is -1.55. The van der Waals surface area contributed by atoms with Crippen molar-refractivity contribution in [3.63, 3.8) is 0 Å². The number of ether oxygens (including phenoxy) is 1. The number of nitrogens with zero attached hydrogens (tertiary/aromatic N) is 1. The summed E-state index contributed by atoms with van der Waals surface area (Å²) in [6.07, 6.45) is 2.83. The highest BCUT2D eigenvalue weighted by atomic mass is 16.6. The molecule has 0 spiro atoms. The Balaban J connectivity index is 1.77. The lowest BCUT2D eigenvalue weighted by Crippen LogP contribution is -2.42. The number of carbonyl (C=O) groups excluding carboxylic acids is 1. The molecule has 0 aromatic heterocycles. The molecule has 1 aliphatic heterocycles. The van der Waals surface area contributed by atoms with Gasteiger partial charge in [0.05, 0.1) is 0 Å². The van der Waals surface area contributed by atoms with Crippen molar-refractivity contribution in [3.05, 3.63) is 35.9 Å². The summed E-state index contributed by atoms with van der Waals surface area (Å²) in [5.41, 5.74) is 6.95. The van der Waals surface area contributed by atoms with Crippen molar-refractivity contribution in [2.45, 2.75) is 32.8 Å². The van der Waals surface area contributed by atoms with Crippen LogP contribution >= 0.6 is 0 Å². The van der Waals surface area contributed by atoms with Crippen LogP contribution in [0.5, 0.6) is 0 Å². The van der Waals surface area contributed by atoms with Crippen LogP contribution < -0.4 is 5.73 Å². The first-order valence-electron chi connectivity index (χ1n) is 7.29. The summed E-state index contributed by atoms with van der Waals surface area (Å²) in [4.78, 5) is 13.8. The molecule has 1 fully saturated rings. The average Bonchev–Trinajstić information content (AvgIpc) is 2.47. The fourth-order valence-corrected chi connectivity index (χ4v) is 2.64. The Bertz CT molecular complexity index is 425. The first-order chi connectivity index (χ1) is 9.63. The first-order valence-corrected chi connectivity index (χ1v) is 7.29. The fourth-order valence-electron chi connectivity index (χ4n) is 2.64. The zero-order chi connectivity index (χ0) is 14.4. The molecule has 0 bridgehead atoms. The van der Waals surface area contributed by atoms with Gasteiger partial charge in [0.25, 0.3) is 0 Å². The van der Waals surface area contributed by atoms with Gasteiger partial charge in [-0.2, -0.15) is 0 Å². The standard InChI is InChI=1S/C16H24N2O2/c1-16(7-10-17)8-11-18(12-9-16)15(19)20-13-14-5-3-2-4-6-14/h2-6H,7-13,17H2,1H3. The minimum Gasteiger partial charge on any atom is -0.445 e. The summed E-state index contributed by atoms with van der Waals surface area (Å²) >= 11 is 0. The van der Waals surface area contributed by atoms with Crippen LogP contribution in [-0.4, -0.2) is 30.6 Å². The van der Waals surface area contributed by atoms with Gasteiger partial charge in [-0.25, -0.2) is 4.79 Å². The summed E-state index contributed by atoms with van der Waals surface area (Å²) in [6.45, 7) is 4.85. The molecule has 0 atom stereocenters. The van der Waals surface area contributed by atoms with Crippen LogP contribution in [0.1, 0.15) is 31.7 Å². The van der Waals surface area contributed by atoms with Crippen molar-refractivity contribution in [3.8, 4) is 0 Å². The lowest BCUT2D eigenvalue weighted by atomic mass is 9.78. The molecule has 0 saturated carbocycles. The molecule has 4 heteroatoms. The van der Waals surface area contributed by atoms with Gasteiger partial charge in [0, 0.05) is 13.1 Å². The molecule has 0 aliphatic carbocycles. The topological polar surface area (TPSA) is 55.6 Å². The van der Waals surface area contributed by atoms with Crippen LogP contribution in [0, 0.1) is 5.41 Å². The molecule has 1 heterocycles. The van der Waals surface area contributed by atoms with Gasteiger partial charge in [-0.1, -0.05) is 37.3 Å². The molecular weight excluding hydrogens is 252 g/mol. The van der Waals surface area contributed by atoms with Crippen molar-refractivity contribution in [1.29, 1.82) is 0 Å². The SMILES string of the molecule is CC1(CCN)CCN(C(=O)OCc2ccccc2)CC1. The average molecular weight is 276 g/mol. The summed E-state index contributed by atoms with van der Waals surface area (Å²) in [7, 11) is 0. The number of hydrogen-bond acceptors (Lipinski definition) is 3. The number of amides is 1. The van der Waals surface area contributed by atoms with Crippen LogP contribution in [0.3, 0.4) is 0 Å². The Morgan fingerprint density at radius 2 is 1.95 bits per heavy atom. The maximum absolute atomic E-state index is 12.0. The van der Waals surface area contributed by atoms with E-state index < -0.39 is 0 Å². The maximum Gasteiger partial charge on any atom is 0.410 e. The molecular formula is C16H24N2O2. The van der Waals surface area contributed by atoms with Crippen molar-refractivity contribution < 1.29 is 9.53 Å². The van der Waals surface area contributed by atoms with E-state index in [2.05, 4.69) is 6.92 Å². The molecule has 2 N–H and O–H groups in total. The normalized spacial score (nSPS) is 17.8. The summed E-state index contributed by atoms with van der Waals surface area (Å²) < 4.78 is 5.36. The van der Waals surface area contributed by atoms with Crippen LogP contribution in [0.15, 0.2) is 30.3 Å². The Labute approximate surface area is 120 Å². The number of rotatable bonds is 4. The second-order valence-electron chi connectivity index (χ2n) is 5.88. The van der Waals surface area contributed by atoms with E-state index in [-0.39, 0.29) is 11.5 Å². The number of carbonyl (C=O) groups is 1. The molecule has 20 heavy (non-hydrogen) atoms. The van der Waals surface area contributed by atoms with E-state index in [0.29, 0.717) is 6.61 Å². The van der Waals surface area contributed by atoms with E-state index in [0.717, 1.165) is 44.5 Å². The summed E-state index contributed by atoms with van der Waals surface area (Å²) in [5.74, 6) is 0. The molecule has 1 amide bonds. The number of nitrogens with two attached hydrogens (primary N) is 1. The minimum absolute atomic E-state index is 0.205. The van der Waals surface area contributed by atoms with Gasteiger partial charge in [0.15, 0.2) is 0 Å². The van der Waals surface area contributed by atoms with Gasteiger partial charge in [0.1, 0.15) is 6.61 Å². The highest BCUT2D eigenvalue weighted by Gasteiger charge is 2.31. The van der Waals surface area contributed by atoms with Crippen LogP contribution in [-0.2, 0) is 11.3 Å². The van der Waals surface area contributed by atoms with Crippen molar-refractivity contribution in [2.24, 2.45) is 11.1 Å². The smallest absolute Gasteiger partial charge is 0.410 e. The zero-order valence-electron chi connectivity index (χ0n) is 12.2. The maximum atomic E-state index is 12.0. The number of likely N-dealkylation sites (tertiary alicyclic amines) is 1. The van der Waals surface area contributed by atoms with Crippen molar-refractivity contribution in [1.82, 2.24) is 4.90 Å². The van der Waals surface area contributed by atoms with E-state index in [4.69, 9.17) is 10.5 Å². The molecule has 1 saturated heterocycles. The van der Waals surface area contributed by atoms with Gasteiger partial charge in [-0.3, -0.25) is 0 Å². The largest absolute Gasteiger partial charge is 0.445 e. The quantitative estimate of drug-likeness (QED) is 0.920. The third-order valence-corrected chi connectivity index (χ3v) is 4.18. The second-order valence-corrected chi connectivity index (χ2v) is 5.88. The van der Waals surface area contributed by atoms with Gasteiger partial charge in [-0.15, -0.1) is 0 Å². The first kappa shape index (κ1) is 14.9. The number of piperidine rings is 1. The van der Waals surface area contributed by atoms with E-state index in [1.165, 1.54) is 0 Å².